The number of hydrogen-bond donors (Lipinski definition) is 3. The second-order valence-corrected chi connectivity index (χ2v) is 9.92. The Morgan fingerprint density at radius 1 is 0.878 bits per heavy atom. The highest BCUT2D eigenvalue weighted by Gasteiger charge is 2.19. The average molecular weight is 549 g/mol. The maximum atomic E-state index is 14.1. The van der Waals surface area contributed by atoms with Crippen molar-refractivity contribution in [3.8, 4) is 11.4 Å². The topological polar surface area (TPSA) is 138 Å². The summed E-state index contributed by atoms with van der Waals surface area (Å²) in [7, 11) is 2.03. The summed E-state index contributed by atoms with van der Waals surface area (Å²) in [6.45, 7) is 5.03. The molecule has 41 heavy (non-hydrogen) atoms. The third-order valence-corrected chi connectivity index (χ3v) is 7.44. The molecule has 0 atom stereocenters. The van der Waals surface area contributed by atoms with E-state index in [0.29, 0.717) is 11.4 Å². The maximum absolute atomic E-state index is 14.1. The molecule has 204 valence electrons. The van der Waals surface area contributed by atoms with Crippen LogP contribution in [0.2, 0.25) is 0 Å². The molecule has 1 aliphatic heterocycles. The van der Waals surface area contributed by atoms with Crippen molar-refractivity contribution in [3.63, 3.8) is 0 Å². The minimum atomic E-state index is -1.11. The summed E-state index contributed by atoms with van der Waals surface area (Å²) in [4.78, 5) is 52.7. The normalized spacial score (nSPS) is 13.1. The summed E-state index contributed by atoms with van der Waals surface area (Å²) in [6, 6.07) is 17.4. The number of hydrogen-bond acceptors (Lipinski definition) is 5. The molecule has 3 heterocycles. The van der Waals surface area contributed by atoms with Crippen LogP contribution in [0.25, 0.3) is 35.1 Å². The molecule has 0 saturated heterocycles. The van der Waals surface area contributed by atoms with Crippen LogP contribution in [0.4, 0.5) is 5.69 Å². The Labute approximate surface area is 231 Å². The fourth-order valence-corrected chi connectivity index (χ4v) is 5.27. The molecule has 5 aromatic rings. The fraction of sp³-hybridized carbons (Fsp3) is 0.0968. The number of carbonyl (C=O) groups is 2. The van der Waals surface area contributed by atoms with Crippen LogP contribution in [0.5, 0.6) is 0 Å². The van der Waals surface area contributed by atoms with Gasteiger partial charge in [-0.25, -0.2) is 14.3 Å². The lowest BCUT2D eigenvalue weighted by molar-refractivity contribution is 0.0686. The number of rotatable bonds is 5. The number of H-pyrrole nitrogens is 1. The van der Waals surface area contributed by atoms with E-state index in [2.05, 4.69) is 16.6 Å². The third-order valence-electron chi connectivity index (χ3n) is 7.44. The number of pyridine rings is 1. The van der Waals surface area contributed by atoms with Gasteiger partial charge >= 0.3 is 11.9 Å². The molecule has 10 nitrogen and oxygen atoms in total. The minimum Gasteiger partial charge on any atom is -0.478 e. The van der Waals surface area contributed by atoms with Gasteiger partial charge in [0, 0.05) is 24.5 Å². The molecule has 0 amide bonds. The third kappa shape index (κ3) is 4.22. The molecule has 0 spiro atoms. The maximum Gasteiger partial charge on any atom is 0.335 e. The summed E-state index contributed by atoms with van der Waals surface area (Å²) >= 11 is 0. The first-order valence-corrected chi connectivity index (χ1v) is 12.8. The van der Waals surface area contributed by atoms with E-state index in [9.17, 15) is 29.4 Å². The number of aromatic carboxylic acids is 2. The molecule has 2 aromatic heterocycles. The largest absolute Gasteiger partial charge is 0.478 e. The first kappa shape index (κ1) is 25.6. The van der Waals surface area contributed by atoms with E-state index in [-0.39, 0.29) is 32.6 Å². The predicted molar refractivity (Wildman–Crippen MR) is 155 cm³/mol. The van der Waals surface area contributed by atoms with Crippen LogP contribution in [0.1, 0.15) is 31.8 Å². The Morgan fingerprint density at radius 3 is 2.10 bits per heavy atom. The highest BCUT2D eigenvalue weighted by Crippen LogP contribution is 2.27. The van der Waals surface area contributed by atoms with Gasteiger partial charge in [-0.3, -0.25) is 19.3 Å². The second-order valence-electron chi connectivity index (χ2n) is 9.92. The average Bonchev–Trinajstić information content (AvgIpc) is 3.50. The summed E-state index contributed by atoms with van der Waals surface area (Å²) < 4.78 is 2.55. The van der Waals surface area contributed by atoms with Crippen molar-refractivity contribution in [1.29, 1.82) is 0 Å². The predicted octanol–water partition coefficient (Wildman–Crippen LogP) is 2.10. The number of nitrogens with zero attached hydrogens (tertiary/aromatic N) is 3. The molecule has 1 aliphatic rings. The van der Waals surface area contributed by atoms with Crippen LogP contribution < -0.4 is 26.5 Å². The van der Waals surface area contributed by atoms with Gasteiger partial charge in [-0.2, -0.15) is 0 Å². The number of fused-ring (bicyclic) bond motifs is 2. The van der Waals surface area contributed by atoms with Gasteiger partial charge in [-0.1, -0.05) is 12.6 Å². The molecule has 10 heteroatoms. The van der Waals surface area contributed by atoms with E-state index in [4.69, 9.17) is 0 Å². The Balaban J connectivity index is 1.65. The Hall–Kier alpha value is -5.64. The molecule has 6 rings (SSSR count). The lowest BCUT2D eigenvalue weighted by atomic mass is 10.1. The fourth-order valence-electron chi connectivity index (χ4n) is 5.27. The number of benzene rings is 3. The molecule has 0 fully saturated rings. The smallest absolute Gasteiger partial charge is 0.335 e. The molecule has 0 unspecified atom stereocenters. The zero-order valence-electron chi connectivity index (χ0n) is 21.9. The highest BCUT2D eigenvalue weighted by molar-refractivity contribution is 5.88. The summed E-state index contributed by atoms with van der Waals surface area (Å²) in [5.74, 6) is -2.21. The number of carboxylic acids is 2. The number of anilines is 1. The molecular weight excluding hydrogens is 524 g/mol. The Bertz CT molecular complexity index is 2120. The first-order valence-electron chi connectivity index (χ1n) is 12.8. The van der Waals surface area contributed by atoms with Crippen LogP contribution in [-0.4, -0.2) is 50.1 Å². The van der Waals surface area contributed by atoms with Gasteiger partial charge in [0.1, 0.15) is 5.65 Å². The highest BCUT2D eigenvalue weighted by atomic mass is 16.4. The van der Waals surface area contributed by atoms with Gasteiger partial charge in [0.25, 0.3) is 11.1 Å². The van der Waals surface area contributed by atoms with Gasteiger partial charge in [0.15, 0.2) is 0 Å². The van der Waals surface area contributed by atoms with Crippen LogP contribution in [0, 0.1) is 0 Å². The lowest BCUT2D eigenvalue weighted by Crippen LogP contribution is -2.45. The SMILES string of the molecule is C=c1c(=Cc2ccc3c(c2)CCN3C)c(=O)n(-c2ccc(C(=O)O)cc2)c2[nH]n(-c3ccc(C(=O)O)cc3)c(=O)c12. The molecule has 0 aliphatic carbocycles. The van der Waals surface area contributed by atoms with Crippen molar-refractivity contribution in [2.24, 2.45) is 0 Å². The zero-order chi connectivity index (χ0) is 29.0. The lowest BCUT2D eigenvalue weighted by Gasteiger charge is -2.11. The van der Waals surface area contributed by atoms with E-state index >= 15 is 0 Å². The molecule has 0 bridgehead atoms. The van der Waals surface area contributed by atoms with Crippen LogP contribution in [0.15, 0.2) is 76.3 Å². The zero-order valence-corrected chi connectivity index (χ0v) is 21.9. The van der Waals surface area contributed by atoms with E-state index in [1.54, 1.807) is 6.08 Å². The molecule has 3 aromatic carbocycles. The number of aromatic amines is 1. The van der Waals surface area contributed by atoms with Crippen molar-refractivity contribution in [2.45, 2.75) is 6.42 Å². The Morgan fingerprint density at radius 2 is 1.49 bits per heavy atom. The first-order chi connectivity index (χ1) is 19.6. The van der Waals surface area contributed by atoms with Crippen LogP contribution >= 0.6 is 0 Å². The number of carboxylic acid groups (broad SMARTS) is 2. The van der Waals surface area contributed by atoms with Crippen LogP contribution in [0.3, 0.4) is 0 Å². The van der Waals surface area contributed by atoms with E-state index in [1.165, 1.54) is 57.8 Å². The molecule has 3 N–H and O–H groups in total. The van der Waals surface area contributed by atoms with E-state index < -0.39 is 23.1 Å². The van der Waals surface area contributed by atoms with Crippen molar-refractivity contribution in [3.05, 3.63) is 120 Å². The van der Waals surface area contributed by atoms with Crippen molar-refractivity contribution >= 4 is 41.3 Å². The van der Waals surface area contributed by atoms with E-state index in [1.807, 2.05) is 25.2 Å². The Kier molecular flexibility index (Phi) is 5.95. The van der Waals surface area contributed by atoms with Crippen molar-refractivity contribution in [2.75, 3.05) is 18.5 Å². The van der Waals surface area contributed by atoms with Gasteiger partial charge in [-0.05, 0) is 89.5 Å². The molecular formula is C31H24N4O6. The van der Waals surface area contributed by atoms with Gasteiger partial charge in [0.05, 0.1) is 27.9 Å². The summed E-state index contributed by atoms with van der Waals surface area (Å²) in [5, 5.41) is 22.2. The number of likely N-dealkylation sites (N-methyl/N-ethyl adjacent to an activating group) is 1. The second kappa shape index (κ2) is 9.53. The monoisotopic (exact) mass is 548 g/mol. The number of aromatic nitrogens is 3. The van der Waals surface area contributed by atoms with Crippen molar-refractivity contribution in [1.82, 2.24) is 14.3 Å². The number of nitrogens with one attached hydrogen (secondary N) is 1. The van der Waals surface area contributed by atoms with Crippen LogP contribution in [-0.2, 0) is 6.42 Å². The summed E-state index contributed by atoms with van der Waals surface area (Å²) in [6.07, 6.45) is 2.59. The van der Waals surface area contributed by atoms with E-state index in [0.717, 1.165) is 29.8 Å². The van der Waals surface area contributed by atoms with Crippen molar-refractivity contribution < 1.29 is 19.8 Å². The summed E-state index contributed by atoms with van der Waals surface area (Å²) in [5.41, 5.74) is 3.14. The van der Waals surface area contributed by atoms with Gasteiger partial charge in [0.2, 0.25) is 0 Å². The standard InChI is InChI=1S/C31H24N4O6/c1-17-24(16-18-3-12-25-21(15-18)13-14-33(25)2)28(36)34(22-8-4-19(5-9-22)30(38)39)27-26(17)29(37)35(32-27)23-10-6-20(7-11-23)31(40)41/h3-12,15-16,32H,1,13-14H2,2H3,(H,38,39)(H,40,41). The molecule has 0 radical (unpaired) electrons. The minimum absolute atomic E-state index is 0.0475. The van der Waals surface area contributed by atoms with Gasteiger partial charge in [-0.15, -0.1) is 0 Å². The quantitative estimate of drug-likeness (QED) is 0.306. The van der Waals surface area contributed by atoms with Gasteiger partial charge < -0.3 is 15.1 Å². The molecule has 0 saturated carbocycles.